The Kier molecular flexibility index (Phi) is 6.87. The molecule has 0 spiro atoms. The van der Waals surface area contributed by atoms with Gasteiger partial charge < -0.3 is 19.3 Å². The van der Waals surface area contributed by atoms with Gasteiger partial charge in [-0.25, -0.2) is 9.59 Å². The number of nitrogens with one attached hydrogen (secondary N) is 2. The predicted octanol–water partition coefficient (Wildman–Crippen LogP) is 3.03. The Morgan fingerprint density at radius 3 is 2.78 bits per heavy atom. The SMILES string of the molecule is CCOC(=O)NC1CCC(=NOc2nc3oc(=O)cc(CCCC4CC4)c3c(=O)[nH]2)CC1. The summed E-state index contributed by atoms with van der Waals surface area (Å²) in [4.78, 5) is 48.2. The standard InChI is InChI=1S/C22H28N4O6/c1-2-30-22(29)23-15-8-10-16(11-9-15)26-32-21-24-19(28)18-14(5-3-4-13-6-7-13)12-17(27)31-20(18)25-21/h12-13,15H,2-11H2,1H3,(H,23,29)(H,24,25,28). The number of oxime groups is 1. The predicted molar refractivity (Wildman–Crippen MR) is 117 cm³/mol. The van der Waals surface area contributed by atoms with E-state index in [0.29, 0.717) is 44.3 Å². The van der Waals surface area contributed by atoms with Gasteiger partial charge in [-0.2, -0.15) is 4.98 Å². The van der Waals surface area contributed by atoms with Gasteiger partial charge in [0.25, 0.3) is 5.56 Å². The largest absolute Gasteiger partial charge is 0.450 e. The lowest BCUT2D eigenvalue weighted by Gasteiger charge is -2.23. The Hall–Kier alpha value is -3.17. The summed E-state index contributed by atoms with van der Waals surface area (Å²) >= 11 is 0. The first-order chi connectivity index (χ1) is 15.5. The molecule has 2 fully saturated rings. The lowest BCUT2D eigenvalue weighted by Crippen LogP contribution is -2.38. The molecule has 1 amide bonds. The molecule has 2 aliphatic carbocycles. The summed E-state index contributed by atoms with van der Waals surface area (Å²) in [7, 11) is 0. The number of carbonyl (C=O) groups is 1. The Balaban J connectivity index is 1.41. The summed E-state index contributed by atoms with van der Waals surface area (Å²) in [6, 6.07) is 1.27. The number of alkyl carbamates (subject to hydrolysis) is 1. The van der Waals surface area contributed by atoms with Crippen LogP contribution in [-0.4, -0.2) is 34.4 Å². The average molecular weight is 444 g/mol. The molecule has 172 valence electrons. The van der Waals surface area contributed by atoms with E-state index in [-0.39, 0.29) is 23.2 Å². The van der Waals surface area contributed by atoms with Crippen molar-refractivity contribution in [3.63, 3.8) is 0 Å². The van der Waals surface area contributed by atoms with E-state index in [4.69, 9.17) is 14.0 Å². The summed E-state index contributed by atoms with van der Waals surface area (Å²) in [5.41, 5.74) is 0.445. The minimum atomic E-state index is -0.540. The van der Waals surface area contributed by atoms with Crippen molar-refractivity contribution in [1.82, 2.24) is 15.3 Å². The van der Waals surface area contributed by atoms with Crippen molar-refractivity contribution in [1.29, 1.82) is 0 Å². The minimum absolute atomic E-state index is 0.0270. The highest BCUT2D eigenvalue weighted by Crippen LogP contribution is 2.34. The maximum Gasteiger partial charge on any atom is 0.407 e. The first kappa shape index (κ1) is 22.0. The van der Waals surface area contributed by atoms with Crippen LogP contribution in [0.1, 0.15) is 63.9 Å². The second-order valence-electron chi connectivity index (χ2n) is 8.37. The first-order valence-corrected chi connectivity index (χ1v) is 11.2. The summed E-state index contributed by atoms with van der Waals surface area (Å²) in [6.07, 6.45) is 7.46. The van der Waals surface area contributed by atoms with Gasteiger partial charge in [-0.1, -0.05) is 24.4 Å². The third-order valence-corrected chi connectivity index (χ3v) is 5.85. The fraction of sp³-hybridized carbons (Fsp3) is 0.591. The van der Waals surface area contributed by atoms with Crippen molar-refractivity contribution in [2.45, 2.75) is 70.8 Å². The van der Waals surface area contributed by atoms with E-state index in [1.807, 2.05) is 0 Å². The zero-order valence-corrected chi connectivity index (χ0v) is 18.1. The van der Waals surface area contributed by atoms with E-state index in [1.165, 1.54) is 18.9 Å². The number of aromatic amines is 1. The third kappa shape index (κ3) is 5.74. The molecule has 0 aromatic carbocycles. The monoisotopic (exact) mass is 444 g/mol. The smallest absolute Gasteiger partial charge is 0.407 e. The zero-order valence-electron chi connectivity index (χ0n) is 18.1. The Bertz CT molecular complexity index is 1110. The van der Waals surface area contributed by atoms with Gasteiger partial charge in [-0.05, 0) is 56.9 Å². The van der Waals surface area contributed by atoms with Crippen LogP contribution in [0.15, 0.2) is 25.2 Å². The third-order valence-electron chi connectivity index (χ3n) is 5.85. The van der Waals surface area contributed by atoms with Gasteiger partial charge in [0.05, 0.1) is 12.3 Å². The van der Waals surface area contributed by atoms with E-state index in [1.54, 1.807) is 6.92 Å². The average Bonchev–Trinajstić information content (AvgIpc) is 3.57. The van der Waals surface area contributed by atoms with Gasteiger partial charge in [0.1, 0.15) is 5.39 Å². The number of aryl methyl sites for hydroxylation is 1. The molecule has 2 saturated carbocycles. The molecule has 0 unspecified atom stereocenters. The molecule has 0 aliphatic heterocycles. The Labute approximate surface area is 184 Å². The number of H-pyrrole nitrogens is 1. The lowest BCUT2D eigenvalue weighted by molar-refractivity contribution is 0.146. The van der Waals surface area contributed by atoms with Gasteiger partial charge in [-0.3, -0.25) is 9.78 Å². The summed E-state index contributed by atoms with van der Waals surface area (Å²) in [5, 5.41) is 7.19. The number of rotatable bonds is 8. The van der Waals surface area contributed by atoms with E-state index in [9.17, 15) is 14.4 Å². The lowest BCUT2D eigenvalue weighted by atomic mass is 9.94. The molecule has 2 aromatic heterocycles. The highest BCUT2D eigenvalue weighted by atomic mass is 16.6. The molecule has 2 N–H and O–H groups in total. The number of amides is 1. The molecular weight excluding hydrogens is 416 g/mol. The number of hydrogen-bond acceptors (Lipinski definition) is 8. The maximum atomic E-state index is 12.7. The molecule has 0 atom stereocenters. The van der Waals surface area contributed by atoms with Gasteiger partial charge in [-0.15, -0.1) is 0 Å². The first-order valence-electron chi connectivity index (χ1n) is 11.2. The molecular formula is C22H28N4O6. The van der Waals surface area contributed by atoms with Crippen LogP contribution >= 0.6 is 0 Å². The molecule has 32 heavy (non-hydrogen) atoms. The van der Waals surface area contributed by atoms with Crippen molar-refractivity contribution in [3.8, 4) is 6.01 Å². The van der Waals surface area contributed by atoms with Gasteiger partial charge in [0.15, 0.2) is 0 Å². The number of hydrogen-bond donors (Lipinski definition) is 2. The molecule has 2 aliphatic rings. The van der Waals surface area contributed by atoms with Crippen LogP contribution < -0.4 is 21.3 Å². The number of nitrogens with zero attached hydrogens (tertiary/aromatic N) is 2. The molecule has 10 nitrogen and oxygen atoms in total. The van der Waals surface area contributed by atoms with Gasteiger partial charge in [0.2, 0.25) is 5.71 Å². The summed E-state index contributed by atoms with van der Waals surface area (Å²) in [6.45, 7) is 2.09. The van der Waals surface area contributed by atoms with Crippen LogP contribution in [0, 0.1) is 5.92 Å². The van der Waals surface area contributed by atoms with Crippen LogP contribution in [0.25, 0.3) is 11.1 Å². The fourth-order valence-electron chi connectivity index (χ4n) is 3.99. The number of ether oxygens (including phenoxy) is 1. The summed E-state index contributed by atoms with van der Waals surface area (Å²) in [5.74, 6) is 0.785. The number of carbonyl (C=O) groups excluding carboxylic acids is 1. The highest BCUT2D eigenvalue weighted by molar-refractivity contribution is 5.85. The molecule has 2 aromatic rings. The highest BCUT2D eigenvalue weighted by Gasteiger charge is 2.22. The molecule has 0 bridgehead atoms. The molecule has 4 rings (SSSR count). The molecule has 10 heteroatoms. The maximum absolute atomic E-state index is 12.7. The summed E-state index contributed by atoms with van der Waals surface area (Å²) < 4.78 is 10.1. The van der Waals surface area contributed by atoms with Crippen LogP contribution in [0.5, 0.6) is 6.01 Å². The van der Waals surface area contributed by atoms with Crippen LogP contribution in [-0.2, 0) is 11.2 Å². The number of aromatic nitrogens is 2. The van der Waals surface area contributed by atoms with E-state index >= 15 is 0 Å². The van der Waals surface area contributed by atoms with Crippen LogP contribution in [0.4, 0.5) is 4.79 Å². The van der Waals surface area contributed by atoms with Crippen LogP contribution in [0.2, 0.25) is 0 Å². The van der Waals surface area contributed by atoms with E-state index in [2.05, 4.69) is 20.4 Å². The van der Waals surface area contributed by atoms with E-state index in [0.717, 1.165) is 24.5 Å². The molecule has 2 heterocycles. The topological polar surface area (TPSA) is 136 Å². The Morgan fingerprint density at radius 1 is 1.28 bits per heavy atom. The number of fused-ring (bicyclic) bond motifs is 1. The fourth-order valence-corrected chi connectivity index (χ4v) is 3.99. The minimum Gasteiger partial charge on any atom is -0.450 e. The molecule has 0 radical (unpaired) electrons. The Morgan fingerprint density at radius 2 is 2.06 bits per heavy atom. The van der Waals surface area contributed by atoms with Crippen molar-refractivity contribution in [2.75, 3.05) is 6.61 Å². The van der Waals surface area contributed by atoms with Crippen molar-refractivity contribution in [3.05, 3.63) is 32.4 Å². The quantitative estimate of drug-likeness (QED) is 0.597. The van der Waals surface area contributed by atoms with Crippen molar-refractivity contribution < 1.29 is 18.8 Å². The van der Waals surface area contributed by atoms with Gasteiger partial charge in [0, 0.05) is 12.1 Å². The zero-order chi connectivity index (χ0) is 22.5. The van der Waals surface area contributed by atoms with Crippen molar-refractivity contribution in [2.24, 2.45) is 11.1 Å². The molecule has 0 saturated heterocycles. The second kappa shape index (κ2) is 9.97. The second-order valence-corrected chi connectivity index (χ2v) is 8.37. The van der Waals surface area contributed by atoms with E-state index < -0.39 is 17.3 Å². The normalized spacial score (nSPS) is 18.4. The van der Waals surface area contributed by atoms with Gasteiger partial charge >= 0.3 is 17.7 Å². The van der Waals surface area contributed by atoms with Crippen molar-refractivity contribution >= 4 is 22.9 Å². The van der Waals surface area contributed by atoms with Crippen LogP contribution in [0.3, 0.4) is 0 Å².